The van der Waals surface area contributed by atoms with E-state index in [0.717, 1.165) is 0 Å². The Bertz CT molecular complexity index is 376. The lowest BCUT2D eigenvalue weighted by atomic mass is 9.84. The van der Waals surface area contributed by atoms with Gasteiger partial charge in [-0.1, -0.05) is 0 Å². The van der Waals surface area contributed by atoms with Crippen LogP contribution in [0.3, 0.4) is 0 Å². The van der Waals surface area contributed by atoms with Crippen molar-refractivity contribution in [2.75, 3.05) is 7.11 Å². The Morgan fingerprint density at radius 1 is 1.21 bits per heavy atom. The molecule has 0 radical (unpaired) electrons. The van der Waals surface area contributed by atoms with Crippen LogP contribution >= 0.6 is 0 Å². The van der Waals surface area contributed by atoms with E-state index in [2.05, 4.69) is 5.32 Å². The van der Waals surface area contributed by atoms with Crippen molar-refractivity contribution in [3.63, 3.8) is 0 Å². The van der Waals surface area contributed by atoms with Gasteiger partial charge < -0.3 is 19.5 Å². The Kier molecular flexibility index (Phi) is 3.71. The standard InChI is InChI=1S/C13H21NO5/c1-13(2,3)19-12(16)14-8-6-10-9(18-10)5-7(8)11(15)17-4/h7-10H,5-6H2,1-4H3,(H,14,16)/t7-,8-,9-,10+/m1/s1. The molecule has 0 aromatic rings. The van der Waals surface area contributed by atoms with E-state index in [4.69, 9.17) is 14.2 Å². The predicted molar refractivity (Wildman–Crippen MR) is 66.6 cm³/mol. The second-order valence-electron chi connectivity index (χ2n) is 6.07. The molecular weight excluding hydrogens is 250 g/mol. The normalized spacial score (nSPS) is 33.1. The number of fused-ring (bicyclic) bond motifs is 1. The fourth-order valence-corrected chi connectivity index (χ4v) is 2.45. The van der Waals surface area contributed by atoms with Gasteiger partial charge in [0, 0.05) is 6.04 Å². The smallest absolute Gasteiger partial charge is 0.407 e. The van der Waals surface area contributed by atoms with Crippen LogP contribution in [0.2, 0.25) is 0 Å². The molecule has 0 aromatic carbocycles. The van der Waals surface area contributed by atoms with Gasteiger partial charge in [0.05, 0.1) is 25.2 Å². The van der Waals surface area contributed by atoms with E-state index in [1.54, 1.807) is 20.8 Å². The van der Waals surface area contributed by atoms with Crippen LogP contribution < -0.4 is 5.32 Å². The molecule has 19 heavy (non-hydrogen) atoms. The molecule has 1 saturated carbocycles. The summed E-state index contributed by atoms with van der Waals surface area (Å²) in [7, 11) is 1.35. The minimum atomic E-state index is -0.557. The van der Waals surface area contributed by atoms with Crippen molar-refractivity contribution in [3.8, 4) is 0 Å². The lowest BCUT2D eigenvalue weighted by Gasteiger charge is -2.29. The van der Waals surface area contributed by atoms with Crippen LogP contribution in [0.4, 0.5) is 4.79 Å². The monoisotopic (exact) mass is 271 g/mol. The van der Waals surface area contributed by atoms with Gasteiger partial charge in [0.2, 0.25) is 0 Å². The fourth-order valence-electron chi connectivity index (χ4n) is 2.45. The zero-order valence-electron chi connectivity index (χ0n) is 11.8. The molecule has 2 fully saturated rings. The number of rotatable bonds is 2. The van der Waals surface area contributed by atoms with Gasteiger partial charge in [0.25, 0.3) is 0 Å². The summed E-state index contributed by atoms with van der Waals surface area (Å²) in [5.74, 6) is -0.670. The first-order chi connectivity index (χ1) is 8.80. The zero-order valence-corrected chi connectivity index (χ0v) is 11.8. The van der Waals surface area contributed by atoms with Gasteiger partial charge in [-0.25, -0.2) is 4.79 Å². The molecule has 0 spiro atoms. The molecule has 1 heterocycles. The summed E-state index contributed by atoms with van der Waals surface area (Å²) in [5, 5.41) is 2.76. The van der Waals surface area contributed by atoms with Gasteiger partial charge in [-0.2, -0.15) is 0 Å². The van der Waals surface area contributed by atoms with Crippen molar-refractivity contribution >= 4 is 12.1 Å². The summed E-state index contributed by atoms with van der Waals surface area (Å²) in [5.41, 5.74) is -0.557. The number of nitrogens with one attached hydrogen (secondary N) is 1. The van der Waals surface area contributed by atoms with Crippen LogP contribution in [0.25, 0.3) is 0 Å². The molecule has 0 unspecified atom stereocenters. The molecule has 4 atom stereocenters. The van der Waals surface area contributed by atoms with Gasteiger partial charge in [0.1, 0.15) is 5.60 Å². The number of methoxy groups -OCH3 is 1. The second kappa shape index (κ2) is 5.00. The third kappa shape index (κ3) is 3.59. The lowest BCUT2D eigenvalue weighted by molar-refractivity contribution is -0.147. The van der Waals surface area contributed by atoms with Crippen LogP contribution in [0.15, 0.2) is 0 Å². The first-order valence-electron chi connectivity index (χ1n) is 6.53. The first kappa shape index (κ1) is 14.1. The topological polar surface area (TPSA) is 77.2 Å². The molecule has 108 valence electrons. The van der Waals surface area contributed by atoms with Crippen LogP contribution in [0.1, 0.15) is 33.6 Å². The number of hydrogen-bond donors (Lipinski definition) is 1. The Morgan fingerprint density at radius 3 is 2.42 bits per heavy atom. The molecule has 0 bridgehead atoms. The molecule has 6 heteroatoms. The average Bonchev–Trinajstić information content (AvgIpc) is 3.02. The van der Waals surface area contributed by atoms with Crippen LogP contribution in [0, 0.1) is 5.92 Å². The van der Waals surface area contributed by atoms with Crippen molar-refractivity contribution in [3.05, 3.63) is 0 Å². The summed E-state index contributed by atoms with van der Waals surface area (Å²) in [6.45, 7) is 5.39. The van der Waals surface area contributed by atoms with E-state index >= 15 is 0 Å². The van der Waals surface area contributed by atoms with E-state index < -0.39 is 11.7 Å². The highest BCUT2D eigenvalue weighted by molar-refractivity contribution is 5.75. The van der Waals surface area contributed by atoms with Crippen LogP contribution in [0.5, 0.6) is 0 Å². The first-order valence-corrected chi connectivity index (χ1v) is 6.53. The Morgan fingerprint density at radius 2 is 1.84 bits per heavy atom. The molecule has 2 aliphatic rings. The quantitative estimate of drug-likeness (QED) is 0.604. The summed E-state index contributed by atoms with van der Waals surface area (Å²) >= 11 is 0. The molecule has 2 rings (SSSR count). The Balaban J connectivity index is 1.95. The zero-order chi connectivity index (χ0) is 14.2. The van der Waals surface area contributed by atoms with Gasteiger partial charge in [-0.15, -0.1) is 0 Å². The minimum Gasteiger partial charge on any atom is -0.469 e. The molecule has 1 amide bonds. The maximum Gasteiger partial charge on any atom is 0.407 e. The SMILES string of the molecule is COC(=O)[C@@H]1C[C@H]2O[C@H]2C[C@H]1NC(=O)OC(C)(C)C. The fraction of sp³-hybridized carbons (Fsp3) is 0.846. The lowest BCUT2D eigenvalue weighted by Crippen LogP contribution is -2.48. The summed E-state index contributed by atoms with van der Waals surface area (Å²) in [6, 6.07) is -0.286. The van der Waals surface area contributed by atoms with Gasteiger partial charge in [-0.3, -0.25) is 4.79 Å². The number of amides is 1. The molecular formula is C13H21NO5. The van der Waals surface area contributed by atoms with E-state index in [-0.39, 0.29) is 30.1 Å². The molecule has 1 aliphatic carbocycles. The average molecular weight is 271 g/mol. The predicted octanol–water partition coefficient (Wildman–Crippen LogP) is 1.23. The highest BCUT2D eigenvalue weighted by atomic mass is 16.6. The van der Waals surface area contributed by atoms with E-state index in [1.165, 1.54) is 7.11 Å². The molecule has 1 saturated heterocycles. The maximum atomic E-state index is 11.8. The number of carbonyl (C=O) groups is 2. The van der Waals surface area contributed by atoms with Gasteiger partial charge in [-0.05, 0) is 33.6 Å². The van der Waals surface area contributed by atoms with Crippen molar-refractivity contribution < 1.29 is 23.8 Å². The van der Waals surface area contributed by atoms with E-state index in [0.29, 0.717) is 12.8 Å². The number of hydrogen-bond acceptors (Lipinski definition) is 5. The van der Waals surface area contributed by atoms with Crippen molar-refractivity contribution in [1.82, 2.24) is 5.32 Å². The molecule has 6 nitrogen and oxygen atoms in total. The van der Waals surface area contributed by atoms with Crippen molar-refractivity contribution in [2.24, 2.45) is 5.92 Å². The van der Waals surface area contributed by atoms with Crippen LogP contribution in [-0.2, 0) is 19.0 Å². The summed E-state index contributed by atoms with van der Waals surface area (Å²) in [6.07, 6.45) is 1.01. The maximum absolute atomic E-state index is 11.8. The Labute approximate surface area is 112 Å². The number of ether oxygens (including phenoxy) is 3. The third-order valence-electron chi connectivity index (χ3n) is 3.35. The van der Waals surface area contributed by atoms with Crippen molar-refractivity contribution in [1.29, 1.82) is 0 Å². The third-order valence-corrected chi connectivity index (χ3v) is 3.35. The number of esters is 1. The summed E-state index contributed by atoms with van der Waals surface area (Å²) in [4.78, 5) is 23.5. The number of carbonyl (C=O) groups excluding carboxylic acids is 2. The summed E-state index contributed by atoms with van der Waals surface area (Å²) < 4.78 is 15.4. The highest BCUT2D eigenvalue weighted by Crippen LogP contribution is 2.40. The minimum absolute atomic E-state index is 0.140. The highest BCUT2D eigenvalue weighted by Gasteiger charge is 2.51. The van der Waals surface area contributed by atoms with E-state index in [9.17, 15) is 9.59 Å². The van der Waals surface area contributed by atoms with Crippen molar-refractivity contribution in [2.45, 2.75) is 57.5 Å². The second-order valence-corrected chi connectivity index (χ2v) is 6.07. The van der Waals surface area contributed by atoms with Crippen LogP contribution in [-0.4, -0.2) is 43.0 Å². The molecule has 1 aliphatic heterocycles. The number of epoxide rings is 1. The molecule has 1 N–H and O–H groups in total. The van der Waals surface area contributed by atoms with Gasteiger partial charge in [0.15, 0.2) is 0 Å². The number of alkyl carbamates (subject to hydrolysis) is 1. The Hall–Kier alpha value is -1.30. The largest absolute Gasteiger partial charge is 0.469 e. The van der Waals surface area contributed by atoms with Gasteiger partial charge >= 0.3 is 12.1 Å². The molecule has 0 aromatic heterocycles. The van der Waals surface area contributed by atoms with E-state index in [1.807, 2.05) is 0 Å².